The number of hydrogen-bond acceptors (Lipinski definition) is 3. The third-order valence-corrected chi connectivity index (χ3v) is 4.86. The lowest BCUT2D eigenvalue weighted by molar-refractivity contribution is -0.136. The van der Waals surface area contributed by atoms with Crippen LogP contribution in [0.15, 0.2) is 12.4 Å². The number of imidazole rings is 1. The Hall–Kier alpha value is -1.23. The lowest BCUT2D eigenvalue weighted by Crippen LogP contribution is -2.51. The van der Waals surface area contributed by atoms with Gasteiger partial charge in [-0.25, -0.2) is 4.98 Å². The van der Waals surface area contributed by atoms with Gasteiger partial charge in [0.2, 0.25) is 11.9 Å². The van der Waals surface area contributed by atoms with E-state index in [4.69, 9.17) is 0 Å². The molecule has 0 radical (unpaired) electrons. The Kier molecular flexibility index (Phi) is 6.12. The van der Waals surface area contributed by atoms with Crippen molar-refractivity contribution in [2.75, 3.05) is 31.1 Å². The molecule has 0 bridgehead atoms. The van der Waals surface area contributed by atoms with Gasteiger partial charge in [0.05, 0.1) is 0 Å². The molecule has 124 valence electrons. The van der Waals surface area contributed by atoms with Gasteiger partial charge in [-0.15, -0.1) is 12.4 Å². The molecule has 1 aromatic rings. The number of aromatic nitrogens is 2. The van der Waals surface area contributed by atoms with Crippen molar-refractivity contribution in [3.05, 3.63) is 12.4 Å². The number of carbonyl (C=O) groups is 1. The van der Waals surface area contributed by atoms with Gasteiger partial charge in [-0.1, -0.05) is 19.3 Å². The van der Waals surface area contributed by atoms with Crippen molar-refractivity contribution in [2.45, 2.75) is 45.6 Å². The molecular weight excluding hydrogens is 300 g/mol. The van der Waals surface area contributed by atoms with E-state index in [1.807, 2.05) is 12.4 Å². The zero-order valence-electron chi connectivity index (χ0n) is 13.4. The van der Waals surface area contributed by atoms with E-state index in [2.05, 4.69) is 26.3 Å². The van der Waals surface area contributed by atoms with Crippen LogP contribution in [0, 0.1) is 5.92 Å². The van der Waals surface area contributed by atoms with Gasteiger partial charge in [0.15, 0.2) is 0 Å². The number of carbonyl (C=O) groups excluding carboxylic acids is 1. The standard InChI is InChI=1S/C16H26N4O.ClH/c1-2-18-9-8-17-16(18)20-12-10-19(11-13-20)15(21)14-6-4-3-5-7-14;/h8-9,14H,2-7,10-13H2,1H3;1H. The number of piperazine rings is 1. The van der Waals surface area contributed by atoms with E-state index in [-0.39, 0.29) is 12.4 Å². The second-order valence-electron chi connectivity index (χ2n) is 6.16. The van der Waals surface area contributed by atoms with Crippen LogP contribution in [0.4, 0.5) is 5.95 Å². The Morgan fingerprint density at radius 1 is 1.18 bits per heavy atom. The summed E-state index contributed by atoms with van der Waals surface area (Å²) in [6, 6.07) is 0. The van der Waals surface area contributed by atoms with Gasteiger partial charge in [-0.3, -0.25) is 4.79 Å². The maximum atomic E-state index is 12.6. The number of anilines is 1. The summed E-state index contributed by atoms with van der Waals surface area (Å²) >= 11 is 0. The zero-order valence-corrected chi connectivity index (χ0v) is 14.2. The van der Waals surface area contributed by atoms with Crippen LogP contribution in [-0.2, 0) is 11.3 Å². The fourth-order valence-corrected chi connectivity index (χ4v) is 3.57. The van der Waals surface area contributed by atoms with Crippen LogP contribution in [0.1, 0.15) is 39.0 Å². The Bertz CT molecular complexity index is 476. The Morgan fingerprint density at radius 2 is 1.86 bits per heavy atom. The molecule has 0 aromatic carbocycles. The predicted octanol–water partition coefficient (Wildman–Crippen LogP) is 2.55. The van der Waals surface area contributed by atoms with Gasteiger partial charge >= 0.3 is 0 Å². The first-order chi connectivity index (χ1) is 10.3. The van der Waals surface area contributed by atoms with Gasteiger partial charge in [0.1, 0.15) is 0 Å². The van der Waals surface area contributed by atoms with Crippen molar-refractivity contribution in [3.8, 4) is 0 Å². The molecule has 0 unspecified atom stereocenters. The molecule has 1 aliphatic heterocycles. The largest absolute Gasteiger partial charge is 0.339 e. The third kappa shape index (κ3) is 3.57. The summed E-state index contributed by atoms with van der Waals surface area (Å²) in [5, 5.41) is 0. The van der Waals surface area contributed by atoms with E-state index < -0.39 is 0 Å². The maximum absolute atomic E-state index is 12.6. The number of halogens is 1. The van der Waals surface area contributed by atoms with Crippen LogP contribution in [-0.4, -0.2) is 46.5 Å². The molecule has 3 rings (SSSR count). The Labute approximate surface area is 139 Å². The van der Waals surface area contributed by atoms with Crippen molar-refractivity contribution >= 4 is 24.3 Å². The molecule has 22 heavy (non-hydrogen) atoms. The van der Waals surface area contributed by atoms with Crippen LogP contribution in [0.5, 0.6) is 0 Å². The van der Waals surface area contributed by atoms with Crippen LogP contribution in [0.2, 0.25) is 0 Å². The molecule has 1 saturated heterocycles. The van der Waals surface area contributed by atoms with Crippen molar-refractivity contribution < 1.29 is 4.79 Å². The zero-order chi connectivity index (χ0) is 14.7. The molecule has 5 nitrogen and oxygen atoms in total. The molecule has 0 spiro atoms. The van der Waals surface area contributed by atoms with Gasteiger partial charge < -0.3 is 14.4 Å². The van der Waals surface area contributed by atoms with E-state index >= 15 is 0 Å². The number of amides is 1. The summed E-state index contributed by atoms with van der Waals surface area (Å²) in [7, 11) is 0. The summed E-state index contributed by atoms with van der Waals surface area (Å²) < 4.78 is 2.17. The molecule has 0 atom stereocenters. The first-order valence-corrected chi connectivity index (χ1v) is 8.34. The highest BCUT2D eigenvalue weighted by atomic mass is 35.5. The van der Waals surface area contributed by atoms with E-state index in [1.54, 1.807) is 0 Å². The van der Waals surface area contributed by atoms with E-state index in [9.17, 15) is 4.79 Å². The average molecular weight is 327 g/mol. The smallest absolute Gasteiger partial charge is 0.225 e. The SMILES string of the molecule is CCn1ccnc1N1CCN(C(=O)C2CCCCC2)CC1.Cl. The van der Waals surface area contributed by atoms with Gasteiger partial charge in [-0.05, 0) is 19.8 Å². The normalized spacial score (nSPS) is 19.9. The monoisotopic (exact) mass is 326 g/mol. The molecule has 1 aromatic heterocycles. The predicted molar refractivity (Wildman–Crippen MR) is 90.5 cm³/mol. The minimum absolute atomic E-state index is 0. The van der Waals surface area contributed by atoms with Crippen LogP contribution in [0.3, 0.4) is 0 Å². The highest BCUT2D eigenvalue weighted by Gasteiger charge is 2.29. The molecule has 6 heteroatoms. The minimum Gasteiger partial charge on any atom is -0.339 e. The number of aryl methyl sites for hydroxylation is 1. The van der Waals surface area contributed by atoms with Crippen LogP contribution in [0.25, 0.3) is 0 Å². The van der Waals surface area contributed by atoms with E-state index in [0.29, 0.717) is 11.8 Å². The fourth-order valence-electron chi connectivity index (χ4n) is 3.57. The fraction of sp³-hybridized carbons (Fsp3) is 0.750. The highest BCUT2D eigenvalue weighted by Crippen LogP contribution is 2.26. The Morgan fingerprint density at radius 3 is 2.50 bits per heavy atom. The molecule has 1 aliphatic carbocycles. The average Bonchev–Trinajstić information content (AvgIpc) is 3.04. The summed E-state index contributed by atoms with van der Waals surface area (Å²) in [4.78, 5) is 21.4. The molecule has 0 N–H and O–H groups in total. The quantitative estimate of drug-likeness (QED) is 0.857. The van der Waals surface area contributed by atoms with Crippen molar-refractivity contribution in [2.24, 2.45) is 5.92 Å². The first-order valence-electron chi connectivity index (χ1n) is 8.34. The number of nitrogens with zero attached hydrogens (tertiary/aromatic N) is 4. The lowest BCUT2D eigenvalue weighted by atomic mass is 9.88. The van der Waals surface area contributed by atoms with Crippen molar-refractivity contribution in [3.63, 3.8) is 0 Å². The Balaban J connectivity index is 0.00000176. The van der Waals surface area contributed by atoms with Crippen LogP contribution >= 0.6 is 12.4 Å². The maximum Gasteiger partial charge on any atom is 0.225 e. The molecule has 2 fully saturated rings. The molecule has 2 heterocycles. The van der Waals surface area contributed by atoms with E-state index in [0.717, 1.165) is 51.5 Å². The highest BCUT2D eigenvalue weighted by molar-refractivity contribution is 5.85. The summed E-state index contributed by atoms with van der Waals surface area (Å²) in [6.07, 6.45) is 9.83. The minimum atomic E-state index is 0. The molecular formula is C16H27ClN4O. The summed E-state index contributed by atoms with van der Waals surface area (Å²) in [5.41, 5.74) is 0. The van der Waals surface area contributed by atoms with Gasteiger partial charge in [0.25, 0.3) is 0 Å². The summed E-state index contributed by atoms with van der Waals surface area (Å²) in [6.45, 7) is 6.55. The topological polar surface area (TPSA) is 41.4 Å². The lowest BCUT2D eigenvalue weighted by Gasteiger charge is -2.37. The molecule has 1 saturated carbocycles. The second-order valence-corrected chi connectivity index (χ2v) is 6.16. The van der Waals surface area contributed by atoms with E-state index in [1.165, 1.54) is 19.3 Å². The molecule has 2 aliphatic rings. The second kappa shape index (κ2) is 7.86. The van der Waals surface area contributed by atoms with Crippen LogP contribution < -0.4 is 4.90 Å². The van der Waals surface area contributed by atoms with Crippen molar-refractivity contribution in [1.29, 1.82) is 0 Å². The van der Waals surface area contributed by atoms with Gasteiger partial charge in [-0.2, -0.15) is 0 Å². The summed E-state index contributed by atoms with van der Waals surface area (Å²) in [5.74, 6) is 1.73. The number of hydrogen-bond donors (Lipinski definition) is 0. The third-order valence-electron chi connectivity index (χ3n) is 4.86. The molecule has 1 amide bonds. The van der Waals surface area contributed by atoms with Gasteiger partial charge in [0, 0.05) is 51.0 Å². The first kappa shape index (κ1) is 17.1. The number of rotatable bonds is 3. The van der Waals surface area contributed by atoms with Crippen molar-refractivity contribution in [1.82, 2.24) is 14.5 Å².